The van der Waals surface area contributed by atoms with Gasteiger partial charge in [0.25, 0.3) is 0 Å². The van der Waals surface area contributed by atoms with Gasteiger partial charge in [-0.25, -0.2) is 71.2 Å². The number of fused-ring (bicyclic) bond motifs is 2. The molecular weight excluding hydrogens is 1530 g/mol. The molecule has 0 aliphatic heterocycles. The lowest BCUT2D eigenvalue weighted by atomic mass is 9.95. The molecule has 122 heavy (non-hydrogen) atoms. The summed E-state index contributed by atoms with van der Waals surface area (Å²) < 4.78 is 81.5. The van der Waals surface area contributed by atoms with Crippen LogP contribution in [0.4, 0.5) is 26.3 Å². The smallest absolute Gasteiger partial charge is 0.164 e. The molecule has 0 bridgehead atoms. The number of halogens is 6. The lowest BCUT2D eigenvalue weighted by Crippen LogP contribution is -2.00. The van der Waals surface area contributed by atoms with Gasteiger partial charge in [-0.15, -0.1) is 0 Å². The SMILES string of the molecule is Fc1ccc(-c2nc(-c3ccc(F)cc3)nc(-c3ccc(-c4cccc(-c5ccc6ccccc6c5)c4)cc3)n2)cc1.Fc1ccc(-c2nc(-c3ccc(F)cc3)nc(-c3ccc(-c4cccc(-c5cccc6ccccc56)c4)cc3)n2)cc1.Fc1ccc(-c2nc(-c3ccc(F)cc3)nc(-c3ccc(-c4cccc(-c5ccccc5)c4)cc3)n2)cc1. The van der Waals surface area contributed by atoms with Gasteiger partial charge in [0.2, 0.25) is 0 Å². The molecule has 0 aliphatic carbocycles. The molecule has 17 aromatic carbocycles. The van der Waals surface area contributed by atoms with E-state index >= 15 is 0 Å². The summed E-state index contributed by atoms with van der Waals surface area (Å²) in [5.41, 5.74) is 19.8. The first-order valence-corrected chi connectivity index (χ1v) is 39.3. The molecule has 3 aromatic heterocycles. The van der Waals surface area contributed by atoms with E-state index in [1.54, 1.807) is 72.8 Å². The Labute approximate surface area is 699 Å². The van der Waals surface area contributed by atoms with E-state index in [-0.39, 0.29) is 34.9 Å². The highest BCUT2D eigenvalue weighted by atomic mass is 19.1. The van der Waals surface area contributed by atoms with Crippen LogP contribution in [0.15, 0.2) is 406 Å². The minimum absolute atomic E-state index is 0.339. The first-order chi connectivity index (χ1) is 59.8. The number of rotatable bonds is 15. The molecule has 582 valence electrons. The van der Waals surface area contributed by atoms with E-state index in [1.807, 2.05) is 78.9 Å². The summed E-state index contributed by atoms with van der Waals surface area (Å²) in [6.07, 6.45) is 0. The fourth-order valence-corrected chi connectivity index (χ4v) is 14.4. The number of nitrogens with zero attached hydrogens (tertiary/aromatic N) is 9. The van der Waals surface area contributed by atoms with Crippen molar-refractivity contribution in [3.63, 3.8) is 0 Å². The van der Waals surface area contributed by atoms with E-state index in [4.69, 9.17) is 19.9 Å². The van der Waals surface area contributed by atoms with Crippen LogP contribution < -0.4 is 0 Å². The molecular formula is C107H67F6N9. The maximum atomic E-state index is 13.6. The van der Waals surface area contributed by atoms with Gasteiger partial charge < -0.3 is 0 Å². The van der Waals surface area contributed by atoms with Crippen molar-refractivity contribution in [3.8, 4) is 169 Å². The summed E-state index contributed by atoms with van der Waals surface area (Å²) in [4.78, 5) is 42.0. The molecule has 0 N–H and O–H groups in total. The van der Waals surface area contributed by atoms with Crippen LogP contribution >= 0.6 is 0 Å². The van der Waals surface area contributed by atoms with Gasteiger partial charge >= 0.3 is 0 Å². The molecule has 0 spiro atoms. The highest BCUT2D eigenvalue weighted by Gasteiger charge is 2.19. The van der Waals surface area contributed by atoms with E-state index in [0.29, 0.717) is 85.8 Å². The molecule has 0 amide bonds. The third-order valence-electron chi connectivity index (χ3n) is 20.8. The minimum Gasteiger partial charge on any atom is -0.208 e. The zero-order chi connectivity index (χ0) is 82.8. The van der Waals surface area contributed by atoms with Gasteiger partial charge in [0.1, 0.15) is 34.9 Å². The maximum absolute atomic E-state index is 13.6. The van der Waals surface area contributed by atoms with Crippen LogP contribution in [-0.2, 0) is 0 Å². The van der Waals surface area contributed by atoms with Crippen molar-refractivity contribution in [1.82, 2.24) is 44.9 Å². The molecule has 3 heterocycles. The van der Waals surface area contributed by atoms with E-state index in [9.17, 15) is 26.3 Å². The number of aromatic nitrogens is 9. The summed E-state index contributed by atoms with van der Waals surface area (Å²) in [5.74, 6) is 1.83. The van der Waals surface area contributed by atoms with E-state index in [2.05, 4.69) is 207 Å². The highest BCUT2D eigenvalue weighted by Crippen LogP contribution is 2.37. The van der Waals surface area contributed by atoms with Gasteiger partial charge in [-0.2, -0.15) is 0 Å². The summed E-state index contributed by atoms with van der Waals surface area (Å²) in [5, 5.41) is 4.86. The van der Waals surface area contributed by atoms with Crippen LogP contribution in [0, 0.1) is 34.9 Å². The van der Waals surface area contributed by atoms with Crippen molar-refractivity contribution >= 4 is 21.5 Å². The summed E-state index contributed by atoms with van der Waals surface area (Å²) in [6, 6.07) is 126. The molecule has 9 nitrogen and oxygen atoms in total. The molecule has 0 unspecified atom stereocenters. The second-order valence-electron chi connectivity index (χ2n) is 28.9. The Morgan fingerprint density at radius 2 is 0.320 bits per heavy atom. The molecule has 0 saturated heterocycles. The van der Waals surface area contributed by atoms with Gasteiger partial charge in [0.05, 0.1) is 0 Å². The quantitative estimate of drug-likeness (QED) is 0.0925. The Bertz CT molecular complexity index is 6930. The standard InChI is InChI=1S/2C37H23F2N3.C33H21F2N3/c38-31-19-15-27(16-20-31)36-40-35(41-37(42-36)28-17-21-32(39)22-18-28)26-13-11-24(12-14-26)29-7-3-8-30(23-29)34-10-4-6-25-5-1-2-9-33(25)34;38-33-18-14-27(15-19-33)36-40-35(41-37(42-36)28-16-20-34(39)21-17-28)26-11-8-25(9-12-26)30-6-3-7-31(22-30)32-13-10-24-4-1-2-5-29(24)23-32;34-29-17-13-25(14-18-29)32-36-31(37-33(38-32)26-15-19-30(35)20-16-26)24-11-9-23(10-12-24)28-8-4-7-27(21-28)22-5-2-1-3-6-22/h2*1-23H;1-21H. The van der Waals surface area contributed by atoms with Crippen LogP contribution in [-0.4, -0.2) is 44.9 Å². The molecule has 15 heteroatoms. The van der Waals surface area contributed by atoms with Gasteiger partial charge in [-0.3, -0.25) is 0 Å². The second kappa shape index (κ2) is 35.0. The van der Waals surface area contributed by atoms with Crippen molar-refractivity contribution in [3.05, 3.63) is 441 Å². The van der Waals surface area contributed by atoms with Crippen LogP contribution in [0.5, 0.6) is 0 Å². The molecule has 0 radical (unpaired) electrons. The predicted octanol–water partition coefficient (Wildman–Crippen LogP) is 27.8. The molecule has 0 fully saturated rings. The average Bonchev–Trinajstić information content (AvgIpc) is 0.803. The third kappa shape index (κ3) is 17.7. The normalized spacial score (nSPS) is 11.0. The first-order valence-electron chi connectivity index (χ1n) is 39.3. The van der Waals surface area contributed by atoms with E-state index in [0.717, 1.165) is 72.3 Å². The van der Waals surface area contributed by atoms with E-state index < -0.39 is 0 Å². The minimum atomic E-state index is -0.341. The van der Waals surface area contributed by atoms with Crippen LogP contribution in [0.1, 0.15) is 0 Å². The average molecular weight is 1590 g/mol. The fourth-order valence-electron chi connectivity index (χ4n) is 14.4. The van der Waals surface area contributed by atoms with Gasteiger partial charge in [-0.1, -0.05) is 237 Å². The fraction of sp³-hybridized carbons (Fsp3) is 0. The van der Waals surface area contributed by atoms with Crippen molar-refractivity contribution < 1.29 is 26.3 Å². The van der Waals surface area contributed by atoms with Crippen molar-refractivity contribution in [2.24, 2.45) is 0 Å². The van der Waals surface area contributed by atoms with Gasteiger partial charge in [-0.05, 0) is 258 Å². The summed E-state index contributed by atoms with van der Waals surface area (Å²) in [7, 11) is 0. The Hall–Kier alpha value is -16.1. The van der Waals surface area contributed by atoms with Crippen LogP contribution in [0.25, 0.3) is 191 Å². The topological polar surface area (TPSA) is 116 Å². The number of hydrogen-bond acceptors (Lipinski definition) is 9. The Morgan fingerprint density at radius 3 is 0.639 bits per heavy atom. The van der Waals surface area contributed by atoms with Gasteiger partial charge in [0, 0.05) is 50.1 Å². The summed E-state index contributed by atoms with van der Waals surface area (Å²) >= 11 is 0. The van der Waals surface area contributed by atoms with Gasteiger partial charge in [0.15, 0.2) is 52.4 Å². The van der Waals surface area contributed by atoms with Crippen molar-refractivity contribution in [2.75, 3.05) is 0 Å². The molecule has 20 aromatic rings. The lowest BCUT2D eigenvalue weighted by molar-refractivity contribution is 0.627. The van der Waals surface area contributed by atoms with Crippen molar-refractivity contribution in [1.29, 1.82) is 0 Å². The monoisotopic (exact) mass is 1590 g/mol. The van der Waals surface area contributed by atoms with Crippen LogP contribution in [0.2, 0.25) is 0 Å². The first kappa shape index (κ1) is 77.1. The second-order valence-corrected chi connectivity index (χ2v) is 28.9. The number of benzene rings is 17. The predicted molar refractivity (Wildman–Crippen MR) is 476 cm³/mol. The lowest BCUT2D eigenvalue weighted by Gasteiger charge is -2.11. The zero-order valence-corrected chi connectivity index (χ0v) is 65.0. The summed E-state index contributed by atoms with van der Waals surface area (Å²) in [6.45, 7) is 0. The zero-order valence-electron chi connectivity index (χ0n) is 65.0. The molecule has 0 atom stereocenters. The molecule has 0 aliphatic rings. The Morgan fingerprint density at radius 1 is 0.123 bits per heavy atom. The maximum Gasteiger partial charge on any atom is 0.164 e. The largest absolute Gasteiger partial charge is 0.208 e. The Kier molecular flexibility index (Phi) is 22.1. The number of hydrogen-bond donors (Lipinski definition) is 0. The highest BCUT2D eigenvalue weighted by molar-refractivity contribution is 5.97. The molecule has 0 saturated carbocycles. The van der Waals surface area contributed by atoms with Crippen LogP contribution in [0.3, 0.4) is 0 Å². The third-order valence-corrected chi connectivity index (χ3v) is 20.8. The Balaban J connectivity index is 0.000000125. The molecule has 20 rings (SSSR count). The van der Waals surface area contributed by atoms with Crippen molar-refractivity contribution in [2.45, 2.75) is 0 Å². The van der Waals surface area contributed by atoms with E-state index in [1.165, 1.54) is 105 Å².